The molecule has 0 heterocycles. The van der Waals surface area contributed by atoms with Crippen molar-refractivity contribution in [3.05, 3.63) is 0 Å². The molecule has 0 fully saturated rings. The third-order valence-corrected chi connectivity index (χ3v) is 1.71. The Morgan fingerprint density at radius 2 is 1.85 bits per heavy atom. The van der Waals surface area contributed by atoms with Crippen molar-refractivity contribution < 1.29 is 14.3 Å². The second-order valence-electron chi connectivity index (χ2n) is 3.50. The van der Waals surface area contributed by atoms with E-state index in [1.54, 1.807) is 20.8 Å². The van der Waals surface area contributed by atoms with Gasteiger partial charge in [0.05, 0.1) is 5.88 Å². The summed E-state index contributed by atoms with van der Waals surface area (Å²) in [7, 11) is 0. The topological polar surface area (TPSA) is 43.4 Å². The van der Waals surface area contributed by atoms with Crippen LogP contribution in [-0.4, -0.2) is 28.6 Å². The van der Waals surface area contributed by atoms with Gasteiger partial charge in [0.25, 0.3) is 0 Å². The molecule has 0 N–H and O–H groups in total. The molecular formula is C8H12Cl2O3. The number of carbonyl (C=O) groups excluding carboxylic acids is 2. The number of rotatable bonds is 3. The predicted molar refractivity (Wildman–Crippen MR) is 51.2 cm³/mol. The smallest absolute Gasteiger partial charge is 0.332 e. The van der Waals surface area contributed by atoms with Gasteiger partial charge < -0.3 is 4.74 Å². The summed E-state index contributed by atoms with van der Waals surface area (Å²) >= 11 is 10.7. The first-order valence-electron chi connectivity index (χ1n) is 3.73. The van der Waals surface area contributed by atoms with Gasteiger partial charge in [-0.2, -0.15) is 0 Å². The zero-order chi connectivity index (χ0) is 10.6. The number of halogens is 2. The third kappa shape index (κ3) is 5.11. The van der Waals surface area contributed by atoms with Crippen LogP contribution in [0.15, 0.2) is 0 Å². The van der Waals surface area contributed by atoms with E-state index in [1.165, 1.54) is 0 Å². The molecule has 0 aliphatic heterocycles. The van der Waals surface area contributed by atoms with E-state index in [9.17, 15) is 9.59 Å². The Morgan fingerprint density at radius 1 is 1.38 bits per heavy atom. The summed E-state index contributed by atoms with van der Waals surface area (Å²) in [6.07, 6.45) is 0. The highest BCUT2D eigenvalue weighted by Crippen LogP contribution is 2.11. The third-order valence-electron chi connectivity index (χ3n) is 1.03. The van der Waals surface area contributed by atoms with Crippen LogP contribution in [0.25, 0.3) is 0 Å². The number of ether oxygens (including phenoxy) is 1. The standard InChI is InChI=1S/C8H12Cl2O3/c1-8(2,3)13-7(12)6(10)5(11)4-9/h6H,4H2,1-3H3. The van der Waals surface area contributed by atoms with Gasteiger partial charge in [-0.15, -0.1) is 23.2 Å². The Kier molecular flexibility index (Phi) is 4.71. The fourth-order valence-electron chi connectivity index (χ4n) is 0.553. The summed E-state index contributed by atoms with van der Waals surface area (Å²) in [6.45, 7) is 5.08. The van der Waals surface area contributed by atoms with Crippen LogP contribution < -0.4 is 0 Å². The molecule has 5 heteroatoms. The highest BCUT2D eigenvalue weighted by Gasteiger charge is 2.28. The molecule has 0 aliphatic carbocycles. The number of alkyl halides is 2. The molecule has 0 aromatic rings. The van der Waals surface area contributed by atoms with Gasteiger partial charge in [-0.1, -0.05) is 0 Å². The Morgan fingerprint density at radius 3 is 2.15 bits per heavy atom. The predicted octanol–water partition coefficient (Wildman–Crippen LogP) is 1.74. The number of hydrogen-bond donors (Lipinski definition) is 0. The SMILES string of the molecule is CC(C)(C)OC(=O)C(Cl)C(=O)CCl. The van der Waals surface area contributed by atoms with Crippen molar-refractivity contribution in [1.29, 1.82) is 0 Å². The summed E-state index contributed by atoms with van der Waals surface area (Å²) in [5.74, 6) is -1.58. The first kappa shape index (κ1) is 12.7. The number of esters is 1. The zero-order valence-corrected chi connectivity index (χ0v) is 9.28. The van der Waals surface area contributed by atoms with Crippen molar-refractivity contribution in [1.82, 2.24) is 0 Å². The molecule has 76 valence electrons. The minimum Gasteiger partial charge on any atom is -0.459 e. The Hall–Kier alpha value is -0.280. The van der Waals surface area contributed by atoms with Crippen molar-refractivity contribution in [3.63, 3.8) is 0 Å². The van der Waals surface area contributed by atoms with Crippen molar-refractivity contribution in [2.24, 2.45) is 0 Å². The Balaban J connectivity index is 4.20. The van der Waals surface area contributed by atoms with E-state index in [2.05, 4.69) is 0 Å². The Labute approximate surface area is 87.3 Å². The van der Waals surface area contributed by atoms with Gasteiger partial charge >= 0.3 is 5.97 Å². The van der Waals surface area contributed by atoms with Gasteiger partial charge in [0.1, 0.15) is 5.60 Å². The van der Waals surface area contributed by atoms with E-state index in [0.717, 1.165) is 0 Å². The van der Waals surface area contributed by atoms with Gasteiger partial charge in [0.2, 0.25) is 0 Å². The summed E-state index contributed by atoms with van der Waals surface area (Å²) < 4.78 is 4.87. The zero-order valence-electron chi connectivity index (χ0n) is 7.77. The maximum atomic E-state index is 11.1. The van der Waals surface area contributed by atoms with E-state index in [1.807, 2.05) is 0 Å². The molecule has 0 aromatic heterocycles. The lowest BCUT2D eigenvalue weighted by Gasteiger charge is -2.20. The monoisotopic (exact) mass is 226 g/mol. The van der Waals surface area contributed by atoms with E-state index < -0.39 is 22.7 Å². The normalized spacial score (nSPS) is 13.6. The maximum absolute atomic E-state index is 11.1. The van der Waals surface area contributed by atoms with Crippen molar-refractivity contribution >= 4 is 35.0 Å². The molecule has 0 radical (unpaired) electrons. The van der Waals surface area contributed by atoms with Crippen molar-refractivity contribution in [2.45, 2.75) is 31.7 Å². The van der Waals surface area contributed by atoms with E-state index in [4.69, 9.17) is 27.9 Å². The molecule has 0 spiro atoms. The van der Waals surface area contributed by atoms with E-state index >= 15 is 0 Å². The first-order chi connectivity index (χ1) is 5.78. The van der Waals surface area contributed by atoms with Crippen molar-refractivity contribution in [3.8, 4) is 0 Å². The molecule has 0 rings (SSSR count). The number of hydrogen-bond acceptors (Lipinski definition) is 3. The lowest BCUT2D eigenvalue weighted by molar-refractivity contribution is -0.155. The van der Waals surface area contributed by atoms with Crippen LogP contribution in [0.1, 0.15) is 20.8 Å². The van der Waals surface area contributed by atoms with E-state index in [0.29, 0.717) is 0 Å². The molecular weight excluding hydrogens is 215 g/mol. The maximum Gasteiger partial charge on any atom is 0.332 e. The molecule has 1 atom stereocenters. The minimum absolute atomic E-state index is 0.284. The second kappa shape index (κ2) is 4.82. The summed E-state index contributed by atoms with van der Waals surface area (Å²) in [4.78, 5) is 22.0. The summed E-state index contributed by atoms with van der Waals surface area (Å²) in [5.41, 5.74) is -0.642. The van der Waals surface area contributed by atoms with Crippen LogP contribution in [0.5, 0.6) is 0 Å². The van der Waals surface area contributed by atoms with Gasteiger partial charge in [-0.3, -0.25) is 4.79 Å². The fraction of sp³-hybridized carbons (Fsp3) is 0.750. The quantitative estimate of drug-likeness (QED) is 0.419. The highest BCUT2D eigenvalue weighted by atomic mass is 35.5. The van der Waals surface area contributed by atoms with E-state index in [-0.39, 0.29) is 5.88 Å². The molecule has 0 amide bonds. The van der Waals surface area contributed by atoms with Gasteiger partial charge in [0, 0.05) is 0 Å². The van der Waals surface area contributed by atoms with Crippen LogP contribution in [-0.2, 0) is 14.3 Å². The molecule has 0 aromatic carbocycles. The van der Waals surface area contributed by atoms with Gasteiger partial charge in [-0.05, 0) is 20.8 Å². The molecule has 0 bridgehead atoms. The lowest BCUT2D eigenvalue weighted by atomic mass is 10.2. The fourth-order valence-corrected chi connectivity index (χ4v) is 0.908. The van der Waals surface area contributed by atoms with Crippen LogP contribution in [0.2, 0.25) is 0 Å². The number of ketones is 1. The van der Waals surface area contributed by atoms with Crippen LogP contribution >= 0.6 is 23.2 Å². The summed E-state index contributed by atoms with van der Waals surface area (Å²) in [6, 6.07) is 0. The molecule has 3 nitrogen and oxygen atoms in total. The highest BCUT2D eigenvalue weighted by molar-refractivity contribution is 6.45. The Bertz CT molecular complexity index is 208. The first-order valence-corrected chi connectivity index (χ1v) is 4.70. The lowest BCUT2D eigenvalue weighted by Crippen LogP contribution is -2.34. The number of carbonyl (C=O) groups is 2. The van der Waals surface area contributed by atoms with Crippen LogP contribution in [0.4, 0.5) is 0 Å². The molecule has 0 aliphatic rings. The van der Waals surface area contributed by atoms with Crippen LogP contribution in [0.3, 0.4) is 0 Å². The average molecular weight is 227 g/mol. The van der Waals surface area contributed by atoms with Gasteiger partial charge in [-0.25, -0.2) is 4.79 Å². The second-order valence-corrected chi connectivity index (χ2v) is 4.20. The molecule has 0 saturated carbocycles. The van der Waals surface area contributed by atoms with Crippen molar-refractivity contribution in [2.75, 3.05) is 5.88 Å². The minimum atomic E-state index is -1.29. The molecule has 13 heavy (non-hydrogen) atoms. The molecule has 1 unspecified atom stereocenters. The number of Topliss-reactive ketones (excluding diaryl/α,β-unsaturated/α-hetero) is 1. The van der Waals surface area contributed by atoms with Gasteiger partial charge in [0.15, 0.2) is 11.2 Å². The average Bonchev–Trinajstić information content (AvgIpc) is 1.98. The summed E-state index contributed by atoms with van der Waals surface area (Å²) in [5, 5.41) is -1.29. The largest absolute Gasteiger partial charge is 0.459 e. The van der Waals surface area contributed by atoms with Crippen LogP contribution in [0, 0.1) is 0 Å². The molecule has 0 saturated heterocycles.